The predicted molar refractivity (Wildman–Crippen MR) is 114 cm³/mol. The molecule has 2 aromatic rings. The number of carbonyl (C=O) groups excluding carboxylic acids is 1. The van der Waals surface area contributed by atoms with E-state index in [1.165, 1.54) is 0 Å². The topological polar surface area (TPSA) is 53.8 Å². The van der Waals surface area contributed by atoms with Crippen molar-refractivity contribution in [1.29, 1.82) is 0 Å². The monoisotopic (exact) mass is 420 g/mol. The predicted octanol–water partition coefficient (Wildman–Crippen LogP) is 3.55. The van der Waals surface area contributed by atoms with Gasteiger partial charge in [-0.15, -0.1) is 0 Å². The van der Waals surface area contributed by atoms with Gasteiger partial charge in [0.25, 0.3) is 0 Å². The van der Waals surface area contributed by atoms with Crippen LogP contribution < -0.4 is 5.63 Å². The summed E-state index contributed by atoms with van der Waals surface area (Å²) in [6.45, 7) is 5.11. The quantitative estimate of drug-likeness (QED) is 0.708. The molecule has 2 aliphatic rings. The van der Waals surface area contributed by atoms with E-state index in [1.807, 2.05) is 35.7 Å². The minimum absolute atomic E-state index is 0.101. The van der Waals surface area contributed by atoms with Gasteiger partial charge < -0.3 is 9.32 Å². The molecule has 150 valence electrons. The van der Waals surface area contributed by atoms with Gasteiger partial charge in [-0.2, -0.15) is 11.8 Å². The van der Waals surface area contributed by atoms with Crippen molar-refractivity contribution in [3.05, 3.63) is 44.8 Å². The molecule has 1 aromatic carbocycles. The fraction of sp³-hybridized carbons (Fsp3) is 0.524. The molecule has 0 N–H and O–H groups in total. The van der Waals surface area contributed by atoms with Crippen LogP contribution in [0.15, 0.2) is 27.4 Å². The molecule has 0 spiro atoms. The molecule has 0 aliphatic carbocycles. The lowest BCUT2D eigenvalue weighted by molar-refractivity contribution is -0.135. The standard InChI is InChI=1S/C21H25ClN2O3S/c1-2-14-10-19-16(12-17(14)22)15(11-20(25)27-19)13-24-5-3-4-18(24)21(26)23-6-8-28-9-7-23/h10-12,18H,2-9,13H2,1H3. The van der Waals surface area contributed by atoms with E-state index in [0.717, 1.165) is 66.9 Å². The molecule has 2 fully saturated rings. The largest absolute Gasteiger partial charge is 0.423 e. The second kappa shape index (κ2) is 8.47. The number of nitrogens with zero attached hydrogens (tertiary/aromatic N) is 2. The van der Waals surface area contributed by atoms with E-state index in [1.54, 1.807) is 6.07 Å². The van der Waals surface area contributed by atoms with Gasteiger partial charge in [0.15, 0.2) is 0 Å². The van der Waals surface area contributed by atoms with Gasteiger partial charge in [-0.1, -0.05) is 18.5 Å². The Morgan fingerprint density at radius 3 is 2.75 bits per heavy atom. The molecule has 7 heteroatoms. The van der Waals surface area contributed by atoms with Gasteiger partial charge in [0.05, 0.1) is 6.04 Å². The Bertz CT molecular complexity index is 939. The highest BCUT2D eigenvalue weighted by molar-refractivity contribution is 7.99. The minimum atomic E-state index is -0.359. The van der Waals surface area contributed by atoms with Crippen LogP contribution in [0.4, 0.5) is 0 Å². The van der Waals surface area contributed by atoms with Crippen molar-refractivity contribution >= 4 is 40.2 Å². The van der Waals surface area contributed by atoms with E-state index >= 15 is 0 Å². The molecule has 1 aromatic heterocycles. The van der Waals surface area contributed by atoms with Crippen molar-refractivity contribution in [2.24, 2.45) is 0 Å². The molecule has 5 nitrogen and oxygen atoms in total. The van der Waals surface area contributed by atoms with Crippen LogP contribution >= 0.6 is 23.4 Å². The van der Waals surface area contributed by atoms with Crippen LogP contribution in [0.1, 0.15) is 30.9 Å². The Morgan fingerprint density at radius 2 is 2.00 bits per heavy atom. The number of fused-ring (bicyclic) bond motifs is 1. The molecule has 1 unspecified atom stereocenters. The first-order chi connectivity index (χ1) is 13.6. The van der Waals surface area contributed by atoms with Crippen molar-refractivity contribution in [3.63, 3.8) is 0 Å². The lowest BCUT2D eigenvalue weighted by Gasteiger charge is -2.32. The maximum absolute atomic E-state index is 13.0. The lowest BCUT2D eigenvalue weighted by Crippen LogP contribution is -2.48. The number of hydrogen-bond acceptors (Lipinski definition) is 5. The number of aryl methyl sites for hydroxylation is 1. The fourth-order valence-corrected chi connectivity index (χ4v) is 5.40. The Morgan fingerprint density at radius 1 is 1.21 bits per heavy atom. The van der Waals surface area contributed by atoms with Crippen LogP contribution in [-0.4, -0.2) is 52.9 Å². The third-order valence-corrected chi connectivity index (χ3v) is 7.02. The van der Waals surface area contributed by atoms with Crippen LogP contribution in [0.3, 0.4) is 0 Å². The van der Waals surface area contributed by atoms with Gasteiger partial charge in [-0.3, -0.25) is 9.69 Å². The summed E-state index contributed by atoms with van der Waals surface area (Å²) in [4.78, 5) is 29.4. The lowest BCUT2D eigenvalue weighted by atomic mass is 10.1. The van der Waals surface area contributed by atoms with E-state index < -0.39 is 0 Å². The van der Waals surface area contributed by atoms with Crippen molar-refractivity contribution in [2.45, 2.75) is 38.8 Å². The summed E-state index contributed by atoms with van der Waals surface area (Å²) in [7, 11) is 0. The first-order valence-corrected chi connectivity index (χ1v) is 11.5. The van der Waals surface area contributed by atoms with Crippen LogP contribution in [0.2, 0.25) is 5.02 Å². The van der Waals surface area contributed by atoms with Crippen molar-refractivity contribution < 1.29 is 9.21 Å². The van der Waals surface area contributed by atoms with Crippen molar-refractivity contribution in [1.82, 2.24) is 9.80 Å². The van der Waals surface area contributed by atoms with E-state index in [-0.39, 0.29) is 17.6 Å². The highest BCUT2D eigenvalue weighted by atomic mass is 35.5. The van der Waals surface area contributed by atoms with Crippen LogP contribution in [-0.2, 0) is 17.8 Å². The van der Waals surface area contributed by atoms with E-state index in [4.69, 9.17) is 16.0 Å². The average Bonchev–Trinajstić information content (AvgIpc) is 3.16. The van der Waals surface area contributed by atoms with Crippen LogP contribution in [0.5, 0.6) is 0 Å². The van der Waals surface area contributed by atoms with Crippen molar-refractivity contribution in [2.75, 3.05) is 31.1 Å². The van der Waals surface area contributed by atoms with Crippen LogP contribution in [0.25, 0.3) is 11.0 Å². The van der Waals surface area contributed by atoms with Gasteiger partial charge in [0, 0.05) is 47.6 Å². The smallest absolute Gasteiger partial charge is 0.336 e. The molecule has 2 saturated heterocycles. The summed E-state index contributed by atoms with van der Waals surface area (Å²) in [5.41, 5.74) is 2.05. The number of benzene rings is 1. The Hall–Kier alpha value is -1.50. The van der Waals surface area contributed by atoms with Gasteiger partial charge in [0.2, 0.25) is 5.91 Å². The van der Waals surface area contributed by atoms with Crippen molar-refractivity contribution in [3.8, 4) is 0 Å². The number of likely N-dealkylation sites (tertiary alicyclic amines) is 1. The molecule has 0 radical (unpaired) electrons. The molecule has 28 heavy (non-hydrogen) atoms. The molecule has 2 aliphatic heterocycles. The number of hydrogen-bond donors (Lipinski definition) is 0. The number of halogens is 1. The molecular weight excluding hydrogens is 396 g/mol. The van der Waals surface area contributed by atoms with E-state index in [9.17, 15) is 9.59 Å². The number of thioether (sulfide) groups is 1. The van der Waals surface area contributed by atoms with Crippen LogP contribution in [0, 0.1) is 0 Å². The third kappa shape index (κ3) is 3.95. The Kier molecular flexibility index (Phi) is 5.99. The maximum atomic E-state index is 13.0. The molecule has 1 atom stereocenters. The summed E-state index contributed by atoms with van der Waals surface area (Å²) >= 11 is 8.32. The zero-order valence-corrected chi connectivity index (χ0v) is 17.7. The highest BCUT2D eigenvalue weighted by Crippen LogP contribution is 2.29. The molecule has 1 amide bonds. The Balaban J connectivity index is 1.62. The first-order valence-electron chi connectivity index (χ1n) is 9.92. The number of rotatable bonds is 4. The summed E-state index contributed by atoms with van der Waals surface area (Å²) in [6.07, 6.45) is 2.65. The first kappa shape index (κ1) is 19.8. The molecule has 0 bridgehead atoms. The summed E-state index contributed by atoms with van der Waals surface area (Å²) < 4.78 is 5.42. The second-order valence-electron chi connectivity index (χ2n) is 7.45. The maximum Gasteiger partial charge on any atom is 0.336 e. The fourth-order valence-electron chi connectivity index (χ4n) is 4.20. The summed E-state index contributed by atoms with van der Waals surface area (Å²) in [5.74, 6) is 2.26. The Labute approximate surface area is 174 Å². The molecule has 0 saturated carbocycles. The zero-order valence-electron chi connectivity index (χ0n) is 16.1. The normalized spacial score (nSPS) is 20.8. The SMILES string of the molecule is CCc1cc2oc(=O)cc(CN3CCCC3C(=O)N3CCSCC3)c2cc1Cl. The average molecular weight is 421 g/mol. The minimum Gasteiger partial charge on any atom is -0.423 e. The number of carbonyl (C=O) groups is 1. The molecule has 3 heterocycles. The van der Waals surface area contributed by atoms with Gasteiger partial charge in [-0.05, 0) is 49.1 Å². The molecular formula is C21H25ClN2O3S. The molecule has 4 rings (SSSR count). The summed E-state index contributed by atoms with van der Waals surface area (Å²) in [6, 6.07) is 5.20. The van der Waals surface area contributed by atoms with E-state index in [2.05, 4.69) is 4.90 Å². The van der Waals surface area contributed by atoms with Gasteiger partial charge >= 0.3 is 5.63 Å². The zero-order chi connectivity index (χ0) is 19.7. The van der Waals surface area contributed by atoms with Gasteiger partial charge in [-0.25, -0.2) is 4.79 Å². The number of amides is 1. The van der Waals surface area contributed by atoms with Gasteiger partial charge in [0.1, 0.15) is 5.58 Å². The summed E-state index contributed by atoms with van der Waals surface area (Å²) in [5, 5.41) is 1.54. The van der Waals surface area contributed by atoms with E-state index in [0.29, 0.717) is 17.2 Å². The second-order valence-corrected chi connectivity index (χ2v) is 9.08. The highest BCUT2D eigenvalue weighted by Gasteiger charge is 2.34. The third-order valence-electron chi connectivity index (χ3n) is 5.72.